The van der Waals surface area contributed by atoms with E-state index in [2.05, 4.69) is 27.0 Å². The molecule has 1 aliphatic carbocycles. The van der Waals surface area contributed by atoms with E-state index < -0.39 is 6.09 Å². The van der Waals surface area contributed by atoms with Crippen LogP contribution < -0.4 is 4.74 Å². The molecule has 35 heavy (non-hydrogen) atoms. The highest BCUT2D eigenvalue weighted by atomic mass is 16.6. The molecule has 0 aromatic carbocycles. The van der Waals surface area contributed by atoms with Gasteiger partial charge in [0.05, 0.1) is 11.9 Å². The van der Waals surface area contributed by atoms with Gasteiger partial charge in [-0.2, -0.15) is 0 Å². The van der Waals surface area contributed by atoms with Crippen LogP contribution >= 0.6 is 0 Å². The molecule has 1 saturated heterocycles. The molecular weight excluding hydrogens is 446 g/mol. The molecule has 184 valence electrons. The highest BCUT2D eigenvalue weighted by Crippen LogP contribution is 2.40. The Labute approximate surface area is 204 Å². The molecule has 9 heteroatoms. The topological polar surface area (TPSA) is 104 Å². The van der Waals surface area contributed by atoms with Crippen LogP contribution in [0.3, 0.4) is 0 Å². The van der Waals surface area contributed by atoms with Gasteiger partial charge in [0, 0.05) is 68.2 Å². The number of ether oxygens (including phenoxy) is 1. The second-order valence-corrected chi connectivity index (χ2v) is 9.28. The maximum absolute atomic E-state index is 12.6. The van der Waals surface area contributed by atoms with Gasteiger partial charge in [0.1, 0.15) is 0 Å². The Hall–Kier alpha value is -3.59. The lowest BCUT2D eigenvalue weighted by Crippen LogP contribution is -2.50. The molecule has 0 atom stereocenters. The second-order valence-electron chi connectivity index (χ2n) is 9.28. The molecule has 1 amide bonds. The number of rotatable bonds is 5. The lowest BCUT2D eigenvalue weighted by molar-refractivity contribution is 0.110. The number of carbonyl (C=O) groups is 1. The largest absolute Gasteiger partial charge is 0.494 e. The Balaban J connectivity index is 1.14. The normalized spacial score (nSPS) is 16.2. The van der Waals surface area contributed by atoms with Crippen molar-refractivity contribution in [2.45, 2.75) is 39.0 Å². The quantitative estimate of drug-likeness (QED) is 0.581. The van der Waals surface area contributed by atoms with E-state index >= 15 is 0 Å². The number of aromatic hydroxyl groups is 2. The standard InChI is InChI=1S/C26H31N5O4/c1-18-6-7-19(27-16-18)10-11-29-12-14-30(15-13-29)26(34)35-23-9-8-20(17-28-23)31-24(32)21-4-2-3-5-22(21)25(31)33/h6-9,16-17,32-33H,2-5,10-15H2,1H3. The number of carbonyl (C=O) groups excluding carboxylic acids is 1. The van der Waals surface area contributed by atoms with Gasteiger partial charge >= 0.3 is 6.09 Å². The van der Waals surface area contributed by atoms with Crippen molar-refractivity contribution in [3.05, 3.63) is 59.0 Å². The molecule has 1 fully saturated rings. The fourth-order valence-electron chi connectivity index (χ4n) is 4.81. The van der Waals surface area contributed by atoms with Crippen LogP contribution in [0.4, 0.5) is 4.79 Å². The van der Waals surface area contributed by atoms with Gasteiger partial charge in [-0.25, -0.2) is 14.3 Å². The number of piperazine rings is 1. The summed E-state index contributed by atoms with van der Waals surface area (Å²) in [6.45, 7) is 5.69. The minimum atomic E-state index is -0.424. The summed E-state index contributed by atoms with van der Waals surface area (Å²) in [5, 5.41) is 21.2. The molecule has 0 bridgehead atoms. The van der Waals surface area contributed by atoms with Crippen molar-refractivity contribution in [2.75, 3.05) is 32.7 Å². The van der Waals surface area contributed by atoms with E-state index in [1.165, 1.54) is 10.8 Å². The third kappa shape index (κ3) is 4.95. The summed E-state index contributed by atoms with van der Waals surface area (Å²) < 4.78 is 6.88. The molecule has 0 spiro atoms. The summed E-state index contributed by atoms with van der Waals surface area (Å²) >= 11 is 0. The van der Waals surface area contributed by atoms with Crippen LogP contribution in [0.1, 0.15) is 35.2 Å². The molecule has 2 aliphatic rings. The van der Waals surface area contributed by atoms with E-state index in [0.717, 1.165) is 74.1 Å². The molecule has 3 aromatic rings. The lowest BCUT2D eigenvalue weighted by atomic mass is 9.95. The number of hydrogen-bond acceptors (Lipinski definition) is 7. The zero-order valence-electron chi connectivity index (χ0n) is 20.0. The molecule has 2 N–H and O–H groups in total. The van der Waals surface area contributed by atoms with Crippen molar-refractivity contribution in [1.29, 1.82) is 0 Å². The predicted octanol–water partition coefficient (Wildman–Crippen LogP) is 3.22. The van der Waals surface area contributed by atoms with Crippen LogP contribution in [0.15, 0.2) is 36.7 Å². The fraction of sp³-hybridized carbons (Fsp3) is 0.423. The molecule has 1 aliphatic heterocycles. The smallest absolute Gasteiger partial charge is 0.416 e. The summed E-state index contributed by atoms with van der Waals surface area (Å²) in [4.78, 5) is 25.3. The molecule has 3 aromatic heterocycles. The van der Waals surface area contributed by atoms with Crippen molar-refractivity contribution in [2.24, 2.45) is 0 Å². The van der Waals surface area contributed by atoms with Crippen LogP contribution in [-0.2, 0) is 19.3 Å². The molecule has 5 rings (SSSR count). The Morgan fingerprint density at radius 1 is 0.943 bits per heavy atom. The van der Waals surface area contributed by atoms with Gasteiger partial charge < -0.3 is 19.8 Å². The third-order valence-electron chi connectivity index (χ3n) is 6.89. The van der Waals surface area contributed by atoms with Crippen molar-refractivity contribution in [3.63, 3.8) is 0 Å². The number of nitrogens with zero attached hydrogens (tertiary/aromatic N) is 5. The van der Waals surface area contributed by atoms with Crippen LogP contribution in [0, 0.1) is 6.92 Å². The van der Waals surface area contributed by atoms with E-state index in [0.29, 0.717) is 18.8 Å². The maximum Gasteiger partial charge on any atom is 0.416 e. The summed E-state index contributed by atoms with van der Waals surface area (Å²) in [5.41, 5.74) is 4.36. The number of aromatic nitrogens is 3. The van der Waals surface area contributed by atoms with Crippen LogP contribution in [-0.4, -0.2) is 73.4 Å². The average Bonchev–Trinajstić information content (AvgIpc) is 3.14. The third-order valence-corrected chi connectivity index (χ3v) is 6.89. The van der Waals surface area contributed by atoms with Gasteiger partial charge in [-0.05, 0) is 50.3 Å². The number of pyridine rings is 2. The van der Waals surface area contributed by atoms with Gasteiger partial charge in [0.2, 0.25) is 17.6 Å². The van der Waals surface area contributed by atoms with E-state index in [-0.39, 0.29) is 17.6 Å². The first-order valence-corrected chi connectivity index (χ1v) is 12.2. The van der Waals surface area contributed by atoms with Gasteiger partial charge in [-0.1, -0.05) is 6.07 Å². The Morgan fingerprint density at radius 2 is 1.66 bits per heavy atom. The second kappa shape index (κ2) is 9.95. The van der Waals surface area contributed by atoms with Crippen molar-refractivity contribution in [1.82, 2.24) is 24.3 Å². The van der Waals surface area contributed by atoms with E-state index in [9.17, 15) is 15.0 Å². The van der Waals surface area contributed by atoms with Crippen LogP contribution in [0.5, 0.6) is 17.6 Å². The summed E-state index contributed by atoms with van der Waals surface area (Å²) in [6.07, 6.45) is 7.33. The van der Waals surface area contributed by atoms with E-state index in [1.807, 2.05) is 13.1 Å². The first-order valence-electron chi connectivity index (χ1n) is 12.2. The molecule has 0 saturated carbocycles. The Bertz CT molecular complexity index is 1150. The monoisotopic (exact) mass is 477 g/mol. The summed E-state index contributed by atoms with van der Waals surface area (Å²) in [6, 6.07) is 7.40. The average molecular weight is 478 g/mol. The van der Waals surface area contributed by atoms with Crippen molar-refractivity contribution >= 4 is 6.09 Å². The number of aryl methyl sites for hydroxylation is 1. The Kier molecular flexibility index (Phi) is 6.59. The van der Waals surface area contributed by atoms with Gasteiger partial charge in [0.25, 0.3) is 0 Å². The summed E-state index contributed by atoms with van der Waals surface area (Å²) in [5.74, 6) is 0.294. The van der Waals surface area contributed by atoms with Crippen LogP contribution in [0.25, 0.3) is 5.69 Å². The SMILES string of the molecule is Cc1ccc(CCN2CCN(C(=O)Oc3ccc(-n4c(O)c5c(c4O)CCCC5)cn3)CC2)nc1. The predicted molar refractivity (Wildman–Crippen MR) is 130 cm³/mol. The number of fused-ring (bicyclic) bond motifs is 1. The van der Waals surface area contributed by atoms with Gasteiger partial charge in [-0.3, -0.25) is 9.88 Å². The molecule has 0 unspecified atom stereocenters. The van der Waals surface area contributed by atoms with E-state index in [4.69, 9.17) is 4.74 Å². The zero-order valence-corrected chi connectivity index (χ0v) is 20.0. The highest BCUT2D eigenvalue weighted by Gasteiger charge is 2.26. The van der Waals surface area contributed by atoms with Crippen molar-refractivity contribution in [3.8, 4) is 23.3 Å². The summed E-state index contributed by atoms with van der Waals surface area (Å²) in [7, 11) is 0. The number of hydrogen-bond donors (Lipinski definition) is 2. The Morgan fingerprint density at radius 3 is 2.26 bits per heavy atom. The first-order chi connectivity index (χ1) is 17.0. The van der Waals surface area contributed by atoms with Crippen LogP contribution in [0.2, 0.25) is 0 Å². The molecular formula is C26H31N5O4. The van der Waals surface area contributed by atoms with Crippen molar-refractivity contribution < 1.29 is 19.7 Å². The molecule has 9 nitrogen and oxygen atoms in total. The zero-order chi connectivity index (χ0) is 24.4. The molecule has 4 heterocycles. The first kappa shape index (κ1) is 23.2. The lowest BCUT2D eigenvalue weighted by Gasteiger charge is -2.33. The number of amides is 1. The molecule has 0 radical (unpaired) electrons. The highest BCUT2D eigenvalue weighted by molar-refractivity contribution is 5.70. The minimum Gasteiger partial charge on any atom is -0.494 e. The minimum absolute atomic E-state index is 0.0553. The fourth-order valence-corrected chi connectivity index (χ4v) is 4.81. The maximum atomic E-state index is 12.6. The van der Waals surface area contributed by atoms with Gasteiger partial charge in [-0.15, -0.1) is 0 Å². The van der Waals surface area contributed by atoms with Gasteiger partial charge in [0.15, 0.2) is 0 Å². The van der Waals surface area contributed by atoms with E-state index in [1.54, 1.807) is 17.0 Å².